The summed E-state index contributed by atoms with van der Waals surface area (Å²) in [7, 11) is 0. The number of hydrogen-bond acceptors (Lipinski definition) is 4. The number of carbonyl (C=O) groups is 1. The molecular formula is C30H28N4O3. The zero-order valence-corrected chi connectivity index (χ0v) is 20.7. The Bertz CT molecular complexity index is 1620. The molecule has 2 heterocycles. The first kappa shape index (κ1) is 24.2. The van der Waals surface area contributed by atoms with Gasteiger partial charge in [0.05, 0.1) is 36.0 Å². The molecule has 1 atom stereocenters. The number of nitrogens with zero attached hydrogens (tertiary/aromatic N) is 1. The molecule has 0 bridgehead atoms. The van der Waals surface area contributed by atoms with Crippen LogP contribution in [0.1, 0.15) is 40.9 Å². The minimum atomic E-state index is -0.463. The van der Waals surface area contributed by atoms with Gasteiger partial charge >= 0.3 is 0 Å². The van der Waals surface area contributed by atoms with E-state index in [1.165, 1.54) is 0 Å². The van der Waals surface area contributed by atoms with Crippen molar-refractivity contribution in [3.63, 3.8) is 0 Å². The number of H-pyrrole nitrogens is 2. The van der Waals surface area contributed by atoms with Gasteiger partial charge in [-0.05, 0) is 68.3 Å². The second kappa shape index (κ2) is 10.6. The predicted octanol–water partition coefficient (Wildman–Crippen LogP) is 4.56. The first-order valence-electron chi connectivity index (χ1n) is 12.2. The lowest BCUT2D eigenvalue weighted by Crippen LogP contribution is -2.39. The van der Waals surface area contributed by atoms with Gasteiger partial charge < -0.3 is 20.1 Å². The zero-order valence-electron chi connectivity index (χ0n) is 20.7. The highest BCUT2D eigenvalue weighted by Crippen LogP contribution is 2.23. The van der Waals surface area contributed by atoms with E-state index in [1.807, 2.05) is 68.6 Å². The maximum absolute atomic E-state index is 13.4. The Morgan fingerprint density at radius 3 is 2.65 bits per heavy atom. The van der Waals surface area contributed by atoms with Crippen LogP contribution in [0.15, 0.2) is 73.1 Å². The standard InChI is InChI=1S/C30H28N4O3/c1-19(2)37-29-12-10-21(8-7-20-9-11-27-23(13-20)17-32-34-27)14-26(29)30(36)33-24(18-35)15-22-16-31-28-6-4-3-5-25(22)28/h3-6,9-14,16-17,19,24,31,35H,15,18H2,1-2H3,(H,32,34)(H,33,36)/t24-/m1/s1. The summed E-state index contributed by atoms with van der Waals surface area (Å²) in [5, 5.41) is 22.1. The van der Waals surface area contributed by atoms with Crippen LogP contribution in [0.2, 0.25) is 0 Å². The Kier molecular flexibility index (Phi) is 6.93. The molecule has 0 spiro atoms. The van der Waals surface area contributed by atoms with E-state index >= 15 is 0 Å². The highest BCUT2D eigenvalue weighted by atomic mass is 16.5. The van der Waals surface area contributed by atoms with E-state index < -0.39 is 6.04 Å². The fourth-order valence-electron chi connectivity index (χ4n) is 4.30. The molecule has 1 amide bonds. The van der Waals surface area contributed by atoms with E-state index in [4.69, 9.17) is 4.74 Å². The Morgan fingerprint density at radius 1 is 1.05 bits per heavy atom. The third-order valence-electron chi connectivity index (χ3n) is 6.08. The molecule has 0 saturated heterocycles. The number of aliphatic hydroxyl groups is 1. The van der Waals surface area contributed by atoms with Crippen molar-refractivity contribution < 1.29 is 14.6 Å². The van der Waals surface area contributed by atoms with Crippen molar-refractivity contribution in [3.8, 4) is 17.6 Å². The van der Waals surface area contributed by atoms with Gasteiger partial charge in [-0.1, -0.05) is 30.0 Å². The molecule has 0 unspecified atom stereocenters. The van der Waals surface area contributed by atoms with Gasteiger partial charge in [0.1, 0.15) is 5.75 Å². The zero-order chi connectivity index (χ0) is 25.8. The van der Waals surface area contributed by atoms with Crippen molar-refractivity contribution in [1.82, 2.24) is 20.5 Å². The maximum Gasteiger partial charge on any atom is 0.255 e. The van der Waals surface area contributed by atoms with Gasteiger partial charge in [-0.3, -0.25) is 9.89 Å². The number of amides is 1. The van der Waals surface area contributed by atoms with Gasteiger partial charge in [0, 0.05) is 33.6 Å². The number of para-hydroxylation sites is 1. The van der Waals surface area contributed by atoms with Gasteiger partial charge in [0.15, 0.2) is 0 Å². The van der Waals surface area contributed by atoms with Gasteiger partial charge in [-0.2, -0.15) is 5.10 Å². The van der Waals surface area contributed by atoms with Crippen molar-refractivity contribution >= 4 is 27.7 Å². The fourth-order valence-corrected chi connectivity index (χ4v) is 4.30. The summed E-state index contributed by atoms with van der Waals surface area (Å²) < 4.78 is 5.92. The monoisotopic (exact) mass is 492 g/mol. The third-order valence-corrected chi connectivity index (χ3v) is 6.08. The maximum atomic E-state index is 13.4. The summed E-state index contributed by atoms with van der Waals surface area (Å²) in [5.74, 6) is 6.46. The molecule has 7 heteroatoms. The van der Waals surface area contributed by atoms with Crippen LogP contribution in [-0.2, 0) is 6.42 Å². The lowest BCUT2D eigenvalue weighted by molar-refractivity contribution is 0.0910. The van der Waals surface area contributed by atoms with Crippen molar-refractivity contribution in [1.29, 1.82) is 0 Å². The predicted molar refractivity (Wildman–Crippen MR) is 145 cm³/mol. The van der Waals surface area contributed by atoms with Crippen LogP contribution in [0.25, 0.3) is 21.8 Å². The number of nitrogens with one attached hydrogen (secondary N) is 3. The summed E-state index contributed by atoms with van der Waals surface area (Å²) in [6.45, 7) is 3.63. The van der Waals surface area contributed by atoms with Crippen molar-refractivity contribution in [2.75, 3.05) is 6.61 Å². The van der Waals surface area contributed by atoms with Crippen LogP contribution in [0.4, 0.5) is 0 Å². The quantitative estimate of drug-likeness (QED) is 0.250. The van der Waals surface area contributed by atoms with Crippen LogP contribution >= 0.6 is 0 Å². The molecule has 186 valence electrons. The molecule has 37 heavy (non-hydrogen) atoms. The molecule has 0 saturated carbocycles. The van der Waals surface area contributed by atoms with Crippen molar-refractivity contribution in [2.45, 2.75) is 32.4 Å². The normalized spacial score (nSPS) is 11.9. The number of carbonyl (C=O) groups excluding carboxylic acids is 1. The molecule has 5 rings (SSSR count). The third kappa shape index (κ3) is 5.50. The number of aromatic nitrogens is 3. The number of ether oxygens (including phenoxy) is 1. The van der Waals surface area contributed by atoms with Crippen molar-refractivity contribution in [3.05, 3.63) is 95.3 Å². The van der Waals surface area contributed by atoms with Gasteiger partial charge in [-0.15, -0.1) is 0 Å². The molecule has 0 aliphatic carbocycles. The fraction of sp³-hybridized carbons (Fsp3) is 0.200. The molecule has 0 aliphatic rings. The van der Waals surface area contributed by atoms with Crippen LogP contribution < -0.4 is 10.1 Å². The Balaban J connectivity index is 1.39. The molecular weight excluding hydrogens is 464 g/mol. The SMILES string of the molecule is CC(C)Oc1ccc(C#Cc2ccc3[nH]ncc3c2)cc1C(=O)N[C@@H](CO)Cc1c[nH]c2ccccc12. The summed E-state index contributed by atoms with van der Waals surface area (Å²) in [5.41, 5.74) is 4.91. The summed E-state index contributed by atoms with van der Waals surface area (Å²) in [6, 6.07) is 18.7. The topological polar surface area (TPSA) is 103 Å². The lowest BCUT2D eigenvalue weighted by atomic mass is 10.0. The number of hydrogen-bond donors (Lipinski definition) is 4. The summed E-state index contributed by atoms with van der Waals surface area (Å²) >= 11 is 0. The molecule has 4 N–H and O–H groups in total. The van der Waals surface area contributed by atoms with Gasteiger partial charge in [-0.25, -0.2) is 0 Å². The number of aliphatic hydroxyl groups excluding tert-OH is 1. The first-order chi connectivity index (χ1) is 18.0. The van der Waals surface area contributed by atoms with Crippen molar-refractivity contribution in [2.24, 2.45) is 0 Å². The molecule has 0 radical (unpaired) electrons. The molecule has 3 aromatic carbocycles. The highest BCUT2D eigenvalue weighted by Gasteiger charge is 2.19. The van der Waals surface area contributed by atoms with E-state index in [0.717, 1.165) is 32.9 Å². The molecule has 7 nitrogen and oxygen atoms in total. The number of benzene rings is 3. The Labute approximate surface area is 214 Å². The van der Waals surface area contributed by atoms with E-state index in [-0.39, 0.29) is 18.6 Å². The summed E-state index contributed by atoms with van der Waals surface area (Å²) in [6.07, 6.45) is 4.06. The molecule has 5 aromatic rings. The highest BCUT2D eigenvalue weighted by molar-refractivity contribution is 5.97. The van der Waals surface area contributed by atoms with Crippen LogP contribution in [0.5, 0.6) is 5.75 Å². The lowest BCUT2D eigenvalue weighted by Gasteiger charge is -2.19. The number of fused-ring (bicyclic) bond motifs is 2. The Hall–Kier alpha value is -4.54. The minimum Gasteiger partial charge on any atom is -0.490 e. The first-order valence-corrected chi connectivity index (χ1v) is 12.2. The van der Waals surface area contributed by atoms with Gasteiger partial charge in [0.2, 0.25) is 0 Å². The van der Waals surface area contributed by atoms with Crippen LogP contribution in [-0.4, -0.2) is 44.9 Å². The van der Waals surface area contributed by atoms with E-state index in [9.17, 15) is 9.90 Å². The molecule has 2 aromatic heterocycles. The van der Waals surface area contributed by atoms with Gasteiger partial charge in [0.25, 0.3) is 5.91 Å². The molecule has 0 aliphatic heterocycles. The van der Waals surface area contributed by atoms with E-state index in [2.05, 4.69) is 32.3 Å². The van der Waals surface area contributed by atoms with Crippen LogP contribution in [0, 0.1) is 11.8 Å². The van der Waals surface area contributed by atoms with Crippen LogP contribution in [0.3, 0.4) is 0 Å². The molecule has 0 fully saturated rings. The average molecular weight is 493 g/mol. The largest absolute Gasteiger partial charge is 0.490 e. The van der Waals surface area contributed by atoms with E-state index in [1.54, 1.807) is 18.3 Å². The second-order valence-corrected chi connectivity index (χ2v) is 9.22. The smallest absolute Gasteiger partial charge is 0.255 e. The Morgan fingerprint density at radius 2 is 1.84 bits per heavy atom. The number of rotatable bonds is 7. The minimum absolute atomic E-state index is 0.106. The van der Waals surface area contributed by atoms with E-state index in [0.29, 0.717) is 23.3 Å². The number of aromatic amines is 2. The second-order valence-electron chi connectivity index (χ2n) is 9.22. The summed E-state index contributed by atoms with van der Waals surface area (Å²) in [4.78, 5) is 16.6. The average Bonchev–Trinajstić information content (AvgIpc) is 3.54.